The molecule has 2 atom stereocenters. The van der Waals surface area contributed by atoms with Crippen molar-refractivity contribution in [2.45, 2.75) is 32.8 Å². The summed E-state index contributed by atoms with van der Waals surface area (Å²) in [7, 11) is 3.29. The molecule has 5 rings (SSSR count). The van der Waals surface area contributed by atoms with Gasteiger partial charge >= 0.3 is 5.97 Å². The molecule has 2 aromatic carbocycles. The number of ether oxygens (including phenoxy) is 1. The number of halogens is 3. The number of benzene rings is 2. The zero-order valence-corrected chi connectivity index (χ0v) is 23.6. The summed E-state index contributed by atoms with van der Waals surface area (Å²) in [6.45, 7) is 4.41. The van der Waals surface area contributed by atoms with Crippen LogP contribution < -0.4 is 4.90 Å². The molecule has 9 nitrogen and oxygen atoms in total. The molecule has 0 aliphatic carbocycles. The van der Waals surface area contributed by atoms with E-state index in [-0.39, 0.29) is 41.5 Å². The monoisotopic (exact) mass is 581 g/mol. The number of piperidine rings is 1. The number of hydrogen-bond acceptors (Lipinski definition) is 6. The van der Waals surface area contributed by atoms with Crippen molar-refractivity contribution in [1.82, 2.24) is 19.5 Å². The van der Waals surface area contributed by atoms with Crippen LogP contribution in [0.25, 0.3) is 16.9 Å². The molecule has 12 heteroatoms. The molecule has 2 aromatic heterocycles. The number of aromatic nitrogens is 3. The number of anilines is 2. The van der Waals surface area contributed by atoms with Crippen LogP contribution in [0.5, 0.6) is 0 Å². The van der Waals surface area contributed by atoms with Gasteiger partial charge in [0.15, 0.2) is 28.8 Å². The Balaban J connectivity index is 1.60. The van der Waals surface area contributed by atoms with Crippen LogP contribution in [0.15, 0.2) is 42.5 Å². The van der Waals surface area contributed by atoms with Crippen LogP contribution in [0.2, 0.25) is 0 Å². The highest BCUT2D eigenvalue weighted by molar-refractivity contribution is 5.94. The molecule has 0 spiro atoms. The van der Waals surface area contributed by atoms with Crippen molar-refractivity contribution in [2.24, 2.45) is 5.92 Å². The molecular formula is C30H30F3N5O4. The van der Waals surface area contributed by atoms with E-state index in [1.165, 1.54) is 17.7 Å². The Morgan fingerprint density at radius 2 is 1.76 bits per heavy atom. The molecule has 220 valence electrons. The SMILES string of the molecule is CO[C@H]1CN(C(=O)c2cc3nc(-c4cc(F)c(F)c(F)c4)cc(N(C)c4c(C)cccc4C)n3n2)CC[C@H]1CC(=O)O. The van der Waals surface area contributed by atoms with Crippen molar-refractivity contribution in [1.29, 1.82) is 0 Å². The summed E-state index contributed by atoms with van der Waals surface area (Å²) < 4.78 is 49.1. The molecule has 0 bridgehead atoms. The lowest BCUT2D eigenvalue weighted by molar-refractivity contribution is -0.140. The van der Waals surface area contributed by atoms with E-state index in [1.54, 1.807) is 18.0 Å². The largest absolute Gasteiger partial charge is 0.481 e. The van der Waals surface area contributed by atoms with Gasteiger partial charge in [-0.2, -0.15) is 9.61 Å². The predicted molar refractivity (Wildman–Crippen MR) is 149 cm³/mol. The van der Waals surface area contributed by atoms with E-state index in [9.17, 15) is 27.9 Å². The van der Waals surface area contributed by atoms with E-state index in [1.807, 2.05) is 36.9 Å². The highest BCUT2D eigenvalue weighted by Crippen LogP contribution is 2.34. The number of methoxy groups -OCH3 is 1. The molecule has 1 saturated heterocycles. The smallest absolute Gasteiger partial charge is 0.303 e. The van der Waals surface area contributed by atoms with Gasteiger partial charge in [0.2, 0.25) is 0 Å². The maximum Gasteiger partial charge on any atom is 0.303 e. The topological polar surface area (TPSA) is 100 Å². The van der Waals surface area contributed by atoms with E-state index in [0.717, 1.165) is 28.9 Å². The van der Waals surface area contributed by atoms with Gasteiger partial charge in [-0.15, -0.1) is 0 Å². The van der Waals surface area contributed by atoms with Gasteiger partial charge in [0, 0.05) is 50.6 Å². The molecule has 4 aromatic rings. The average Bonchev–Trinajstić information content (AvgIpc) is 3.39. The van der Waals surface area contributed by atoms with Gasteiger partial charge < -0.3 is 19.6 Å². The van der Waals surface area contributed by atoms with Crippen molar-refractivity contribution in [3.8, 4) is 11.3 Å². The first-order valence-corrected chi connectivity index (χ1v) is 13.4. The Kier molecular flexibility index (Phi) is 7.91. The number of carbonyl (C=O) groups is 2. The molecule has 3 heterocycles. The van der Waals surface area contributed by atoms with Crippen LogP contribution >= 0.6 is 0 Å². The Morgan fingerprint density at radius 1 is 1.10 bits per heavy atom. The molecule has 0 radical (unpaired) electrons. The second kappa shape index (κ2) is 11.4. The maximum atomic E-state index is 14.2. The number of hydrogen-bond donors (Lipinski definition) is 1. The van der Waals surface area contributed by atoms with E-state index >= 15 is 0 Å². The lowest BCUT2D eigenvalue weighted by Gasteiger charge is -2.36. The third-order valence-corrected chi connectivity index (χ3v) is 7.75. The van der Waals surface area contributed by atoms with Crippen LogP contribution in [-0.2, 0) is 9.53 Å². The normalized spacial score (nSPS) is 17.1. The molecule has 1 aliphatic rings. The van der Waals surface area contributed by atoms with Crippen LogP contribution in [0.1, 0.15) is 34.5 Å². The number of carbonyl (C=O) groups excluding carboxylic acids is 1. The minimum atomic E-state index is -1.58. The lowest BCUT2D eigenvalue weighted by Crippen LogP contribution is -2.48. The fourth-order valence-corrected chi connectivity index (χ4v) is 5.64. The van der Waals surface area contributed by atoms with E-state index < -0.39 is 35.4 Å². The summed E-state index contributed by atoms with van der Waals surface area (Å²) in [5.74, 6) is -5.36. The standard InChI is InChI=1S/C30H30F3N5O4/c1-16-6-5-7-17(2)29(16)36(3)26-14-22(19-10-20(31)28(33)21(32)11-19)34-25-13-23(35-38(25)26)30(41)37-9-8-18(12-27(39)40)24(15-37)42-4/h5-7,10-11,13-14,18,24H,8-9,12,15H2,1-4H3,(H,39,40)/t18-,24-/m0/s1. The van der Waals surface area contributed by atoms with Crippen molar-refractivity contribution < 1.29 is 32.6 Å². The minimum absolute atomic E-state index is 0.0163. The van der Waals surface area contributed by atoms with Gasteiger partial charge in [-0.3, -0.25) is 9.59 Å². The van der Waals surface area contributed by atoms with Gasteiger partial charge in [0.25, 0.3) is 5.91 Å². The van der Waals surface area contributed by atoms with Crippen LogP contribution in [0.3, 0.4) is 0 Å². The number of likely N-dealkylation sites (tertiary alicyclic amines) is 1. The second-order valence-electron chi connectivity index (χ2n) is 10.5. The van der Waals surface area contributed by atoms with Crippen molar-refractivity contribution >= 4 is 29.0 Å². The molecule has 1 aliphatic heterocycles. The van der Waals surface area contributed by atoms with E-state index in [2.05, 4.69) is 10.1 Å². The molecule has 0 saturated carbocycles. The zero-order valence-electron chi connectivity index (χ0n) is 23.6. The zero-order chi connectivity index (χ0) is 30.3. The highest BCUT2D eigenvalue weighted by atomic mass is 19.2. The van der Waals surface area contributed by atoms with Crippen molar-refractivity contribution in [3.05, 3.63) is 76.7 Å². The third-order valence-electron chi connectivity index (χ3n) is 7.75. The van der Waals surface area contributed by atoms with Crippen molar-refractivity contribution in [3.63, 3.8) is 0 Å². The van der Waals surface area contributed by atoms with Gasteiger partial charge in [-0.05, 0) is 49.4 Å². The molecule has 1 amide bonds. The Bertz CT molecular complexity index is 1650. The van der Waals surface area contributed by atoms with Gasteiger partial charge in [0.1, 0.15) is 5.82 Å². The molecule has 42 heavy (non-hydrogen) atoms. The van der Waals surface area contributed by atoms with E-state index in [0.29, 0.717) is 18.8 Å². The predicted octanol–water partition coefficient (Wildman–Crippen LogP) is 5.15. The maximum absolute atomic E-state index is 14.2. The van der Waals surface area contributed by atoms with Crippen LogP contribution in [0.4, 0.5) is 24.7 Å². The van der Waals surface area contributed by atoms with Crippen LogP contribution in [0, 0.1) is 37.2 Å². The lowest BCUT2D eigenvalue weighted by atomic mass is 9.90. The number of fused-ring (bicyclic) bond motifs is 1. The third kappa shape index (κ3) is 5.41. The number of nitrogens with zero attached hydrogens (tertiary/aromatic N) is 5. The molecular weight excluding hydrogens is 551 g/mol. The number of aliphatic carboxylic acids is 1. The number of aryl methyl sites for hydroxylation is 2. The number of rotatable bonds is 7. The molecule has 1 N–H and O–H groups in total. The number of amides is 1. The molecule has 1 fully saturated rings. The fourth-order valence-electron chi connectivity index (χ4n) is 5.64. The number of carboxylic acids is 1. The Hall–Kier alpha value is -4.45. The first kappa shape index (κ1) is 29.1. The highest BCUT2D eigenvalue weighted by Gasteiger charge is 2.34. The number of carboxylic acid groups (broad SMARTS) is 1. The summed E-state index contributed by atoms with van der Waals surface area (Å²) in [6, 6.07) is 10.6. The summed E-state index contributed by atoms with van der Waals surface area (Å²) >= 11 is 0. The number of para-hydroxylation sites is 1. The minimum Gasteiger partial charge on any atom is -0.481 e. The quantitative estimate of drug-likeness (QED) is 0.301. The van der Waals surface area contributed by atoms with Gasteiger partial charge in [0.05, 0.1) is 18.2 Å². The first-order chi connectivity index (χ1) is 20.0. The fraction of sp³-hybridized carbons (Fsp3) is 0.333. The summed E-state index contributed by atoms with van der Waals surface area (Å²) in [5, 5.41) is 13.8. The average molecular weight is 582 g/mol. The summed E-state index contributed by atoms with van der Waals surface area (Å²) in [6.07, 6.45) is -0.0519. The van der Waals surface area contributed by atoms with Gasteiger partial charge in [-0.25, -0.2) is 18.2 Å². The van der Waals surface area contributed by atoms with Crippen molar-refractivity contribution in [2.75, 3.05) is 32.1 Å². The summed E-state index contributed by atoms with van der Waals surface area (Å²) in [4.78, 5) is 32.8. The second-order valence-corrected chi connectivity index (χ2v) is 10.5. The van der Waals surface area contributed by atoms with E-state index in [4.69, 9.17) is 4.74 Å². The van der Waals surface area contributed by atoms with Crippen LogP contribution in [-0.4, -0.2) is 69.8 Å². The molecule has 0 unspecified atom stereocenters. The van der Waals surface area contributed by atoms with Gasteiger partial charge in [-0.1, -0.05) is 18.2 Å². The summed E-state index contributed by atoms with van der Waals surface area (Å²) in [5.41, 5.74) is 3.27. The Labute approximate surface area is 240 Å². The first-order valence-electron chi connectivity index (χ1n) is 13.4. The Morgan fingerprint density at radius 3 is 2.38 bits per heavy atom.